The number of benzene rings is 2. The van der Waals surface area contributed by atoms with Crippen LogP contribution in [0.25, 0.3) is 6.08 Å². The molecule has 0 aromatic heterocycles. The van der Waals surface area contributed by atoms with Gasteiger partial charge in [0.25, 0.3) is 5.91 Å². The van der Waals surface area contributed by atoms with E-state index in [4.69, 9.17) is 14.9 Å². The molecule has 0 bridgehead atoms. The predicted molar refractivity (Wildman–Crippen MR) is 122 cm³/mol. The summed E-state index contributed by atoms with van der Waals surface area (Å²) in [6, 6.07) is 16.9. The van der Waals surface area contributed by atoms with Gasteiger partial charge in [0, 0.05) is 0 Å². The lowest BCUT2D eigenvalue weighted by molar-refractivity contribution is -0.114. The van der Waals surface area contributed by atoms with Gasteiger partial charge in [-0.2, -0.15) is 9.39 Å². The fraction of sp³-hybridized carbons (Fsp3) is 0.143. The molecule has 30 heavy (non-hydrogen) atoms. The van der Waals surface area contributed by atoms with Gasteiger partial charge in [-0.05, 0) is 42.2 Å². The quantitative estimate of drug-likeness (QED) is 0.415. The van der Waals surface area contributed by atoms with E-state index in [1.165, 1.54) is 11.8 Å². The number of para-hydroxylation sites is 1. The molecule has 0 fully saturated rings. The van der Waals surface area contributed by atoms with Gasteiger partial charge < -0.3 is 9.47 Å². The molecule has 2 aromatic rings. The number of nitrogens with one attached hydrogen (secondary N) is 1. The molecule has 0 atom stereocenters. The number of hydrogen-bond acceptors (Lipinski definition) is 7. The van der Waals surface area contributed by atoms with Crippen LogP contribution in [-0.4, -0.2) is 46.4 Å². The Morgan fingerprint density at radius 2 is 1.73 bits per heavy atom. The number of aliphatic imine (C=N–C) groups is 1. The fourth-order valence-corrected chi connectivity index (χ4v) is 4.25. The number of amidine groups is 3. The topological polar surface area (TPSA) is 87.3 Å². The monoisotopic (exact) mass is 438 g/mol. The van der Waals surface area contributed by atoms with E-state index in [9.17, 15) is 4.79 Å². The van der Waals surface area contributed by atoms with Crippen LogP contribution in [0.1, 0.15) is 5.56 Å². The van der Waals surface area contributed by atoms with Crippen LogP contribution in [0.5, 0.6) is 11.5 Å². The minimum atomic E-state index is -0.435. The second-order valence-corrected chi connectivity index (χ2v) is 7.69. The summed E-state index contributed by atoms with van der Waals surface area (Å²) in [6.07, 6.45) is 3.53. The smallest absolute Gasteiger partial charge is 0.283 e. The standard InChI is InChI=1S/C21H18N4O3S2/c1-29-21-24-30-20-23-19(26)17(18(22)25(20)21)13-14-7-9-16(10-8-14)28-12-11-27-15-5-3-2-4-6-15/h2-10,13,22H,11-12H2,1H3/b17-13-,22-18?. The summed E-state index contributed by atoms with van der Waals surface area (Å²) in [7, 11) is 0. The number of fused-ring (bicyclic) bond motifs is 1. The fourth-order valence-electron chi connectivity index (χ4n) is 2.80. The van der Waals surface area contributed by atoms with Crippen LogP contribution in [0.4, 0.5) is 0 Å². The van der Waals surface area contributed by atoms with Crippen molar-refractivity contribution in [2.24, 2.45) is 9.39 Å². The highest BCUT2D eigenvalue weighted by Crippen LogP contribution is 2.31. The highest BCUT2D eigenvalue weighted by molar-refractivity contribution is 8.18. The van der Waals surface area contributed by atoms with Crippen LogP contribution >= 0.6 is 23.7 Å². The molecular weight excluding hydrogens is 420 g/mol. The predicted octanol–water partition coefficient (Wildman–Crippen LogP) is 4.08. The Hall–Kier alpha value is -3.04. The van der Waals surface area contributed by atoms with Crippen LogP contribution in [0.15, 0.2) is 69.6 Å². The van der Waals surface area contributed by atoms with Gasteiger partial charge in [-0.25, -0.2) is 4.90 Å². The second-order valence-electron chi connectivity index (χ2n) is 6.19. The van der Waals surface area contributed by atoms with Crippen molar-refractivity contribution < 1.29 is 14.3 Å². The van der Waals surface area contributed by atoms with Gasteiger partial charge in [0.15, 0.2) is 5.17 Å². The SMILES string of the molecule is CSC1=NSC2=NC(=O)/C(=C\c3ccc(OCCOc4ccccc4)cc3)C(=N)N12. The molecule has 9 heteroatoms. The second kappa shape index (κ2) is 9.19. The van der Waals surface area contributed by atoms with Crippen LogP contribution in [0, 0.1) is 5.41 Å². The minimum Gasteiger partial charge on any atom is -0.490 e. The van der Waals surface area contributed by atoms with Crippen molar-refractivity contribution in [2.45, 2.75) is 0 Å². The first-order valence-corrected chi connectivity index (χ1v) is 11.1. The average molecular weight is 439 g/mol. The number of carbonyl (C=O) groups excluding carboxylic acids is 1. The third-order valence-corrected chi connectivity index (χ3v) is 5.69. The molecule has 0 aliphatic carbocycles. The Kier molecular flexibility index (Phi) is 6.20. The summed E-state index contributed by atoms with van der Waals surface area (Å²) in [5.74, 6) is 1.16. The largest absolute Gasteiger partial charge is 0.490 e. The molecule has 2 heterocycles. The van der Waals surface area contributed by atoms with Crippen molar-refractivity contribution in [3.05, 3.63) is 65.7 Å². The van der Waals surface area contributed by atoms with Gasteiger partial charge in [0.2, 0.25) is 5.17 Å². The van der Waals surface area contributed by atoms with Crippen molar-refractivity contribution in [1.82, 2.24) is 4.90 Å². The lowest BCUT2D eigenvalue weighted by Gasteiger charge is -2.23. The summed E-state index contributed by atoms with van der Waals surface area (Å²) in [6.45, 7) is 0.856. The van der Waals surface area contributed by atoms with Gasteiger partial charge in [-0.3, -0.25) is 10.2 Å². The lowest BCUT2D eigenvalue weighted by Crippen LogP contribution is -2.41. The molecule has 0 saturated heterocycles. The van der Waals surface area contributed by atoms with Gasteiger partial charge in [0.05, 0.1) is 17.5 Å². The number of amides is 1. The molecule has 0 spiro atoms. The number of thioether (sulfide) groups is 1. The molecule has 0 saturated carbocycles. The van der Waals surface area contributed by atoms with E-state index in [0.717, 1.165) is 23.3 Å². The van der Waals surface area contributed by atoms with Crippen LogP contribution < -0.4 is 9.47 Å². The molecule has 1 amide bonds. The van der Waals surface area contributed by atoms with Crippen molar-refractivity contribution >= 4 is 51.9 Å². The van der Waals surface area contributed by atoms with Crippen molar-refractivity contribution in [2.75, 3.05) is 19.5 Å². The van der Waals surface area contributed by atoms with Crippen LogP contribution in [-0.2, 0) is 4.79 Å². The van der Waals surface area contributed by atoms with E-state index in [1.54, 1.807) is 11.0 Å². The molecule has 4 rings (SSSR count). The Bertz CT molecular complexity index is 1050. The van der Waals surface area contributed by atoms with E-state index in [0.29, 0.717) is 29.3 Å². The molecule has 2 aliphatic heterocycles. The molecular formula is C21H18N4O3S2. The number of ether oxygens (including phenoxy) is 2. The van der Waals surface area contributed by atoms with E-state index in [1.807, 2.05) is 60.9 Å². The van der Waals surface area contributed by atoms with Crippen molar-refractivity contribution in [1.29, 1.82) is 5.41 Å². The van der Waals surface area contributed by atoms with Gasteiger partial charge in [-0.1, -0.05) is 42.1 Å². The molecule has 0 radical (unpaired) electrons. The average Bonchev–Trinajstić information content (AvgIpc) is 3.19. The zero-order chi connectivity index (χ0) is 20.9. The zero-order valence-corrected chi connectivity index (χ0v) is 17.7. The maximum absolute atomic E-state index is 12.4. The molecule has 1 N–H and O–H groups in total. The normalized spacial score (nSPS) is 17.0. The van der Waals surface area contributed by atoms with E-state index in [-0.39, 0.29) is 11.4 Å². The Labute approximate surface area is 182 Å². The molecule has 7 nitrogen and oxygen atoms in total. The Balaban J connectivity index is 1.38. The maximum atomic E-state index is 12.4. The number of hydrogen-bond donors (Lipinski definition) is 1. The van der Waals surface area contributed by atoms with E-state index >= 15 is 0 Å². The highest BCUT2D eigenvalue weighted by atomic mass is 32.2. The lowest BCUT2D eigenvalue weighted by atomic mass is 10.1. The minimum absolute atomic E-state index is 0.0847. The van der Waals surface area contributed by atoms with Gasteiger partial charge in [-0.15, -0.1) is 0 Å². The summed E-state index contributed by atoms with van der Waals surface area (Å²) < 4.78 is 15.5. The summed E-state index contributed by atoms with van der Waals surface area (Å²) in [5, 5.41) is 9.49. The van der Waals surface area contributed by atoms with Crippen LogP contribution in [0.2, 0.25) is 0 Å². The molecule has 2 aliphatic rings. The first kappa shape index (κ1) is 20.2. The summed E-state index contributed by atoms with van der Waals surface area (Å²) >= 11 is 2.52. The number of rotatable bonds is 6. The highest BCUT2D eigenvalue weighted by Gasteiger charge is 2.36. The van der Waals surface area contributed by atoms with E-state index < -0.39 is 5.91 Å². The van der Waals surface area contributed by atoms with E-state index in [2.05, 4.69) is 9.39 Å². The van der Waals surface area contributed by atoms with Crippen molar-refractivity contribution in [3.8, 4) is 11.5 Å². The van der Waals surface area contributed by atoms with Gasteiger partial charge >= 0.3 is 0 Å². The third kappa shape index (κ3) is 4.42. The van der Waals surface area contributed by atoms with Crippen LogP contribution in [0.3, 0.4) is 0 Å². The maximum Gasteiger partial charge on any atom is 0.283 e. The first-order valence-electron chi connectivity index (χ1n) is 9.09. The third-order valence-electron chi connectivity index (χ3n) is 4.23. The molecule has 152 valence electrons. The number of carbonyl (C=O) groups is 1. The van der Waals surface area contributed by atoms with Gasteiger partial charge in [0.1, 0.15) is 30.5 Å². The summed E-state index contributed by atoms with van der Waals surface area (Å²) in [4.78, 5) is 18.0. The number of nitrogens with zero attached hydrogens (tertiary/aromatic N) is 3. The zero-order valence-electron chi connectivity index (χ0n) is 16.1. The first-order chi connectivity index (χ1) is 14.7. The van der Waals surface area contributed by atoms with Crippen molar-refractivity contribution in [3.63, 3.8) is 0 Å². The molecule has 2 aromatic carbocycles. The molecule has 0 unspecified atom stereocenters. The Morgan fingerprint density at radius 1 is 1.07 bits per heavy atom. The summed E-state index contributed by atoms with van der Waals surface area (Å²) in [5.41, 5.74) is 1.01. The Morgan fingerprint density at radius 3 is 2.40 bits per heavy atom.